The topological polar surface area (TPSA) is 56.8 Å². The highest BCUT2D eigenvalue weighted by atomic mass is 79.9. The molecule has 1 saturated heterocycles. The molecule has 2 N–H and O–H groups in total. The summed E-state index contributed by atoms with van der Waals surface area (Å²) < 4.78 is 2.11. The van der Waals surface area contributed by atoms with Gasteiger partial charge in [0.1, 0.15) is 0 Å². The summed E-state index contributed by atoms with van der Waals surface area (Å²) in [4.78, 5) is 7.82. The highest BCUT2D eigenvalue weighted by molar-refractivity contribution is 9.13. The van der Waals surface area contributed by atoms with Crippen molar-refractivity contribution in [3.63, 3.8) is 0 Å². The van der Waals surface area contributed by atoms with Crippen molar-refractivity contribution in [2.24, 2.45) is 0 Å². The lowest BCUT2D eigenvalue weighted by atomic mass is 10.4. The molecule has 1 aliphatic heterocycles. The molecule has 2 aromatic heterocycles. The standard InChI is InChI=1S/C10H11Br2N5S/c11-6-5-7(18-8(6)12)9-14-10(16-15-9)17-3-1-13-2-4-17/h5,13H,1-4H2,(H,14,15,16). The summed E-state index contributed by atoms with van der Waals surface area (Å²) in [6.07, 6.45) is 0. The van der Waals surface area contributed by atoms with Crippen LogP contribution < -0.4 is 10.2 Å². The lowest BCUT2D eigenvalue weighted by Gasteiger charge is -2.25. The summed E-state index contributed by atoms with van der Waals surface area (Å²) in [5.74, 6) is 1.60. The molecule has 2 aromatic rings. The zero-order chi connectivity index (χ0) is 12.5. The number of rotatable bonds is 2. The average Bonchev–Trinajstić information content (AvgIpc) is 2.99. The third kappa shape index (κ3) is 2.47. The first-order valence-electron chi connectivity index (χ1n) is 5.57. The maximum atomic E-state index is 4.56. The Hall–Kier alpha value is -0.440. The van der Waals surface area contributed by atoms with E-state index in [2.05, 4.69) is 57.3 Å². The second-order valence-electron chi connectivity index (χ2n) is 3.95. The van der Waals surface area contributed by atoms with E-state index in [1.165, 1.54) is 0 Å². The Kier molecular flexibility index (Phi) is 3.69. The molecular weight excluding hydrogens is 382 g/mol. The van der Waals surface area contributed by atoms with Crippen LogP contribution in [0.15, 0.2) is 14.3 Å². The van der Waals surface area contributed by atoms with Gasteiger partial charge in [0, 0.05) is 30.7 Å². The van der Waals surface area contributed by atoms with Gasteiger partial charge in [-0.1, -0.05) is 0 Å². The molecule has 3 heterocycles. The summed E-state index contributed by atoms with van der Waals surface area (Å²) in [7, 11) is 0. The second-order valence-corrected chi connectivity index (χ2v) is 7.18. The van der Waals surface area contributed by atoms with Gasteiger partial charge in [-0.3, -0.25) is 5.10 Å². The number of aromatic nitrogens is 3. The fourth-order valence-electron chi connectivity index (χ4n) is 1.83. The van der Waals surface area contributed by atoms with Crippen LogP contribution in [0.4, 0.5) is 5.95 Å². The molecule has 0 unspecified atom stereocenters. The van der Waals surface area contributed by atoms with E-state index >= 15 is 0 Å². The molecule has 0 amide bonds. The summed E-state index contributed by atoms with van der Waals surface area (Å²) in [6, 6.07) is 2.04. The van der Waals surface area contributed by atoms with Crippen molar-refractivity contribution >= 4 is 49.1 Å². The Morgan fingerprint density at radius 3 is 2.72 bits per heavy atom. The average molecular weight is 393 g/mol. The second kappa shape index (κ2) is 5.28. The molecule has 96 valence electrons. The number of aromatic amines is 1. The Morgan fingerprint density at radius 1 is 1.28 bits per heavy atom. The maximum absolute atomic E-state index is 4.56. The van der Waals surface area contributed by atoms with Crippen LogP contribution in [0.1, 0.15) is 0 Å². The van der Waals surface area contributed by atoms with Crippen LogP contribution in [0, 0.1) is 0 Å². The minimum atomic E-state index is 0.784. The zero-order valence-corrected chi connectivity index (χ0v) is 13.4. The number of nitrogens with zero attached hydrogens (tertiary/aromatic N) is 3. The molecule has 18 heavy (non-hydrogen) atoms. The minimum absolute atomic E-state index is 0.784. The first-order chi connectivity index (χ1) is 8.74. The van der Waals surface area contributed by atoms with Gasteiger partial charge in [0.15, 0.2) is 5.82 Å². The lowest BCUT2D eigenvalue weighted by molar-refractivity contribution is 0.580. The first-order valence-corrected chi connectivity index (χ1v) is 7.97. The van der Waals surface area contributed by atoms with Crippen molar-refractivity contribution < 1.29 is 0 Å². The van der Waals surface area contributed by atoms with Crippen LogP contribution in [0.2, 0.25) is 0 Å². The van der Waals surface area contributed by atoms with Crippen molar-refractivity contribution in [1.29, 1.82) is 0 Å². The van der Waals surface area contributed by atoms with Crippen molar-refractivity contribution in [3.05, 3.63) is 14.3 Å². The highest BCUT2D eigenvalue weighted by Gasteiger charge is 2.16. The molecule has 0 aromatic carbocycles. The molecule has 0 bridgehead atoms. The third-order valence-electron chi connectivity index (χ3n) is 2.75. The zero-order valence-electron chi connectivity index (χ0n) is 9.41. The van der Waals surface area contributed by atoms with E-state index in [1.54, 1.807) is 11.3 Å². The van der Waals surface area contributed by atoms with E-state index in [-0.39, 0.29) is 0 Å². The molecule has 0 saturated carbocycles. The molecule has 0 radical (unpaired) electrons. The fourth-order valence-corrected chi connectivity index (χ4v) is 3.81. The van der Waals surface area contributed by atoms with Crippen molar-refractivity contribution in [1.82, 2.24) is 20.5 Å². The molecule has 8 heteroatoms. The number of hydrogen-bond acceptors (Lipinski definition) is 5. The number of H-pyrrole nitrogens is 1. The maximum Gasteiger partial charge on any atom is 0.245 e. The Bertz CT molecular complexity index is 527. The van der Waals surface area contributed by atoms with Gasteiger partial charge < -0.3 is 10.2 Å². The van der Waals surface area contributed by atoms with Crippen LogP contribution in [-0.4, -0.2) is 41.4 Å². The van der Waals surface area contributed by atoms with E-state index < -0.39 is 0 Å². The minimum Gasteiger partial charge on any atom is -0.337 e. The van der Waals surface area contributed by atoms with Gasteiger partial charge >= 0.3 is 0 Å². The van der Waals surface area contributed by atoms with Crippen LogP contribution >= 0.6 is 43.2 Å². The van der Waals surface area contributed by atoms with Crippen molar-refractivity contribution in [2.75, 3.05) is 31.1 Å². The monoisotopic (exact) mass is 391 g/mol. The summed E-state index contributed by atoms with van der Waals surface area (Å²) in [5, 5.41) is 10.6. The van der Waals surface area contributed by atoms with Gasteiger partial charge in [-0.05, 0) is 37.9 Å². The number of hydrogen-bond donors (Lipinski definition) is 2. The predicted molar refractivity (Wildman–Crippen MR) is 80.2 cm³/mol. The van der Waals surface area contributed by atoms with E-state index in [0.29, 0.717) is 0 Å². The number of anilines is 1. The SMILES string of the molecule is Brc1cc(-c2nc(N3CCNCC3)n[nH]2)sc1Br. The highest BCUT2D eigenvalue weighted by Crippen LogP contribution is 2.37. The largest absolute Gasteiger partial charge is 0.337 e. The number of thiophene rings is 1. The molecule has 0 spiro atoms. The van der Waals surface area contributed by atoms with Crippen molar-refractivity contribution in [2.45, 2.75) is 0 Å². The normalized spacial score (nSPS) is 16.2. The first kappa shape index (κ1) is 12.6. The third-order valence-corrected chi connectivity index (χ3v) is 6.01. The van der Waals surface area contributed by atoms with E-state index in [9.17, 15) is 0 Å². The molecule has 0 atom stereocenters. The van der Waals surface area contributed by atoms with Gasteiger partial charge in [0.2, 0.25) is 5.95 Å². The van der Waals surface area contributed by atoms with E-state index in [4.69, 9.17) is 0 Å². The summed E-state index contributed by atoms with van der Waals surface area (Å²) in [5.41, 5.74) is 0. The van der Waals surface area contributed by atoms with Crippen LogP contribution in [0.3, 0.4) is 0 Å². The number of nitrogens with one attached hydrogen (secondary N) is 2. The smallest absolute Gasteiger partial charge is 0.245 e. The Labute approximate surface area is 125 Å². The molecule has 1 fully saturated rings. The van der Waals surface area contributed by atoms with Gasteiger partial charge in [-0.25, -0.2) is 0 Å². The van der Waals surface area contributed by atoms with E-state index in [1.807, 2.05) is 6.07 Å². The number of halogens is 2. The Morgan fingerprint density at radius 2 is 2.06 bits per heavy atom. The predicted octanol–water partition coefficient (Wildman–Crippen LogP) is 2.47. The van der Waals surface area contributed by atoms with Crippen LogP contribution in [0.5, 0.6) is 0 Å². The molecule has 5 nitrogen and oxygen atoms in total. The van der Waals surface area contributed by atoms with Crippen LogP contribution in [0.25, 0.3) is 10.7 Å². The number of piperazine rings is 1. The van der Waals surface area contributed by atoms with Gasteiger partial charge in [0.05, 0.1) is 8.66 Å². The fraction of sp³-hybridized carbons (Fsp3) is 0.400. The summed E-state index contributed by atoms with van der Waals surface area (Å²) >= 11 is 8.60. The van der Waals surface area contributed by atoms with Crippen LogP contribution in [-0.2, 0) is 0 Å². The lowest BCUT2D eigenvalue weighted by Crippen LogP contribution is -2.44. The van der Waals surface area contributed by atoms with Gasteiger partial charge in [-0.15, -0.1) is 16.4 Å². The van der Waals surface area contributed by atoms with E-state index in [0.717, 1.165) is 51.1 Å². The van der Waals surface area contributed by atoms with Crippen molar-refractivity contribution in [3.8, 4) is 10.7 Å². The summed E-state index contributed by atoms with van der Waals surface area (Å²) in [6.45, 7) is 3.88. The Balaban J connectivity index is 1.84. The van der Waals surface area contributed by atoms with Gasteiger partial charge in [0.25, 0.3) is 0 Å². The molecule has 1 aliphatic rings. The molecule has 3 rings (SSSR count). The van der Waals surface area contributed by atoms with Gasteiger partial charge in [-0.2, -0.15) is 4.98 Å². The quantitative estimate of drug-likeness (QED) is 0.824. The molecular formula is C10H11Br2N5S. The molecule has 0 aliphatic carbocycles.